The average molecular weight is 1880 g/mol. The monoisotopic (exact) mass is 1880 g/mol. The van der Waals surface area contributed by atoms with Crippen LogP contribution in [-0.4, -0.2) is 109 Å². The standard InChI is InChI=1S/C38H43N3O4S.2C36H39N3O4S.Na/c1-8-44-36(42)38(5,6)22-33-35(46-37(2,3)4)31-21-30(45-25-29-11-9-10-20-39-29)17-18-32(31)41(33)24-26-12-14-27(15-13-26)28-16-19-34(43-7)40-23-28;2*1-35(2,3)44-33-29-19-28(43-23-27-9-7-8-18-37-27)15-16-30(29)39(31(33)20-36(4,5)34(40)41)22-24-10-12-25(13-11-24)26-14-17-32(42-6)38-21-26;/h9-21,23H,8,22,24-25H2,1-7H3;2*7-19,21H,20,22-23H2,1-6H3,(H,40,41);/q;;;+1/p-1. The number of rotatable bonds is 34. The van der Waals surface area contributed by atoms with Gasteiger partial charge in [-0.2, -0.15) is 0 Å². The minimum Gasteiger partial charge on any atom is -0.550 e. The second-order valence-corrected chi connectivity index (χ2v) is 43.5. The Kier molecular flexibility index (Phi) is 33.8. The van der Waals surface area contributed by atoms with Crippen molar-refractivity contribution in [1.29, 1.82) is 0 Å². The average Bonchev–Trinajstić information content (AvgIpc) is 1.61. The number of hydrogen-bond donors (Lipinski definition) is 1. The first-order valence-electron chi connectivity index (χ1n) is 44.8. The van der Waals surface area contributed by atoms with Gasteiger partial charge in [0.25, 0.3) is 0 Å². The third-order valence-corrected chi connectivity index (χ3v) is 26.2. The maximum absolute atomic E-state index is 13.2. The Hall–Kier alpha value is -11.9. The maximum Gasteiger partial charge on any atom is 1.00 e. The first-order chi connectivity index (χ1) is 63.8. The molecule has 1 N–H and O–H groups in total. The summed E-state index contributed by atoms with van der Waals surface area (Å²) in [6, 6.07) is 72.9. The molecule has 0 atom stereocenters. The van der Waals surface area contributed by atoms with E-state index in [0.29, 0.717) is 83.0 Å². The number of thioether (sulfide) groups is 3. The number of aromatic nitrogens is 9. The summed E-state index contributed by atoms with van der Waals surface area (Å²) in [7, 11) is 4.83. The Labute approximate surface area is 827 Å². The minimum atomic E-state index is -1.07. The van der Waals surface area contributed by atoms with E-state index in [1.54, 1.807) is 97.3 Å². The van der Waals surface area contributed by atoms with Gasteiger partial charge in [0.15, 0.2) is 0 Å². The minimum absolute atomic E-state index is 0. The molecule has 135 heavy (non-hydrogen) atoms. The molecule has 0 saturated heterocycles. The number of methoxy groups -OCH3 is 3. The number of carboxylic acids is 2. The third kappa shape index (κ3) is 27.1. The zero-order valence-electron chi connectivity index (χ0n) is 81.0. The van der Waals surface area contributed by atoms with Crippen molar-refractivity contribution in [2.24, 2.45) is 16.2 Å². The molecule has 0 spiro atoms. The van der Waals surface area contributed by atoms with E-state index in [4.69, 9.17) is 33.2 Å². The summed E-state index contributed by atoms with van der Waals surface area (Å²) in [5.41, 5.74) is 15.7. The van der Waals surface area contributed by atoms with Crippen LogP contribution in [0.25, 0.3) is 66.1 Å². The third-order valence-electron chi connectivity index (χ3n) is 22.3. The SMILES string of the molecule is CCOC(=O)C(C)(C)Cc1c(SC(C)(C)C)c2cc(OCc3ccccn3)ccc2n1Cc1ccc(-c2ccc(OC)nc2)cc1.COc1ccc(-c2ccc(Cn3c(CC(C)(C)C(=O)O)c(SC(C)(C)C)c4cc(OCc5ccccn5)ccc43)cc2)cn1.COc1ccc(-c2ccc(Cn3c(CC(C)(C)C(=O)[O-])c(SC(C)(C)C)c4cc(OCc5ccccn5)ccc43)cc2)cn1.[Na+]. The van der Waals surface area contributed by atoms with E-state index in [0.717, 1.165) is 149 Å². The molecule has 0 aliphatic rings. The van der Waals surface area contributed by atoms with Crippen LogP contribution < -0.4 is 63.1 Å². The predicted molar refractivity (Wildman–Crippen MR) is 536 cm³/mol. The molecule has 0 radical (unpaired) electrons. The van der Waals surface area contributed by atoms with Crippen LogP contribution in [0.2, 0.25) is 0 Å². The molecule has 0 aliphatic heterocycles. The zero-order valence-corrected chi connectivity index (χ0v) is 85.5. The first-order valence-corrected chi connectivity index (χ1v) is 47.3. The molecule has 25 heteroatoms. The molecule has 696 valence electrons. The molecule has 0 unspecified atom stereocenters. The van der Waals surface area contributed by atoms with Gasteiger partial charge in [-0.15, -0.1) is 35.3 Å². The Morgan fingerprint density at radius 1 is 0.363 bits per heavy atom. The van der Waals surface area contributed by atoms with Gasteiger partial charge < -0.3 is 61.9 Å². The van der Waals surface area contributed by atoms with Crippen molar-refractivity contribution in [2.75, 3.05) is 27.9 Å². The topological polar surface area (TPSA) is 251 Å². The van der Waals surface area contributed by atoms with Crippen molar-refractivity contribution in [1.82, 2.24) is 43.6 Å². The molecule has 15 aromatic rings. The smallest absolute Gasteiger partial charge is 0.550 e. The molecule has 15 rings (SSSR count). The maximum atomic E-state index is 13.2. The zero-order chi connectivity index (χ0) is 95.9. The summed E-state index contributed by atoms with van der Waals surface area (Å²) >= 11 is 5.34. The molecule has 0 aliphatic carbocycles. The second-order valence-electron chi connectivity index (χ2n) is 37.9. The molecule has 21 nitrogen and oxygen atoms in total. The number of benzene rings is 6. The summed E-state index contributed by atoms with van der Waals surface area (Å²) < 4.78 is 46.3. The van der Waals surface area contributed by atoms with Gasteiger partial charge in [-0.05, 0) is 184 Å². The van der Waals surface area contributed by atoms with Gasteiger partial charge in [0.05, 0.1) is 55.8 Å². The van der Waals surface area contributed by atoms with Crippen LogP contribution in [0.4, 0.5) is 0 Å². The quantitative estimate of drug-likeness (QED) is 0.0223. The fourth-order valence-corrected chi connectivity index (χ4v) is 18.9. The van der Waals surface area contributed by atoms with Gasteiger partial charge >= 0.3 is 41.5 Å². The van der Waals surface area contributed by atoms with Gasteiger partial charge in [-0.1, -0.05) is 167 Å². The van der Waals surface area contributed by atoms with Crippen molar-refractivity contribution in [3.8, 4) is 68.3 Å². The Bertz CT molecular complexity index is 6250. The molecule has 0 saturated carbocycles. The molecule has 9 aromatic heterocycles. The number of carboxylic acid groups (broad SMARTS) is 2. The van der Waals surface area contributed by atoms with Crippen LogP contribution in [0.5, 0.6) is 34.9 Å². The molecule has 0 bridgehead atoms. The number of ether oxygens (including phenoxy) is 7. The van der Waals surface area contributed by atoms with E-state index in [-0.39, 0.29) is 49.8 Å². The molecular formula is C110H120N9NaO12S3. The van der Waals surface area contributed by atoms with Crippen molar-refractivity contribution in [3.63, 3.8) is 0 Å². The van der Waals surface area contributed by atoms with Crippen LogP contribution in [0.3, 0.4) is 0 Å². The summed E-state index contributed by atoms with van der Waals surface area (Å²) in [6.45, 7) is 35.8. The van der Waals surface area contributed by atoms with E-state index in [1.807, 2.05) is 154 Å². The number of carbonyl (C=O) groups is 3. The Balaban J connectivity index is 0.000000182. The van der Waals surface area contributed by atoms with E-state index >= 15 is 0 Å². The number of pyridine rings is 6. The van der Waals surface area contributed by atoms with Gasteiger partial charge in [0.2, 0.25) is 17.6 Å². The summed E-state index contributed by atoms with van der Waals surface area (Å²) in [5, 5.41) is 25.5. The van der Waals surface area contributed by atoms with Crippen molar-refractivity contribution in [3.05, 3.63) is 306 Å². The Morgan fingerprint density at radius 3 is 0.896 bits per heavy atom. The number of esters is 1. The number of fused-ring (bicyclic) bond motifs is 3. The van der Waals surface area contributed by atoms with E-state index in [2.05, 4.69) is 215 Å². The fraction of sp³-hybridized carbons (Fsp3) is 0.318. The van der Waals surface area contributed by atoms with E-state index < -0.39 is 28.2 Å². The largest absolute Gasteiger partial charge is 1.00 e. The fourth-order valence-electron chi connectivity index (χ4n) is 15.4. The molecule has 9 heterocycles. The molecule has 0 fully saturated rings. The van der Waals surface area contributed by atoms with Gasteiger partial charge in [-0.25, -0.2) is 15.0 Å². The van der Waals surface area contributed by atoms with Crippen LogP contribution in [-0.2, 0) is 77.8 Å². The summed E-state index contributed by atoms with van der Waals surface area (Å²) in [5.74, 6) is 1.91. The van der Waals surface area contributed by atoms with Crippen LogP contribution in [0.15, 0.2) is 270 Å². The number of hydrogen-bond acceptors (Lipinski definition) is 20. The number of aliphatic carboxylic acids is 2. The van der Waals surface area contributed by atoms with E-state index in [1.165, 1.54) is 0 Å². The van der Waals surface area contributed by atoms with Crippen molar-refractivity contribution in [2.45, 2.75) is 198 Å². The number of carbonyl (C=O) groups excluding carboxylic acids is 2. The van der Waals surface area contributed by atoms with Gasteiger partial charge in [0.1, 0.15) is 37.1 Å². The predicted octanol–water partition coefficient (Wildman–Crippen LogP) is 21.0. The summed E-state index contributed by atoms with van der Waals surface area (Å²) in [6.07, 6.45) is 12.0. The van der Waals surface area contributed by atoms with Gasteiger partial charge in [-0.3, -0.25) is 24.5 Å². The molecule has 0 amide bonds. The Morgan fingerprint density at radius 2 is 0.652 bits per heavy atom. The van der Waals surface area contributed by atoms with Crippen LogP contribution >= 0.6 is 35.3 Å². The van der Waals surface area contributed by atoms with Crippen molar-refractivity contribution < 1.29 is 87.3 Å². The van der Waals surface area contributed by atoms with Crippen LogP contribution in [0, 0.1) is 16.2 Å². The molecule has 6 aromatic carbocycles. The van der Waals surface area contributed by atoms with Gasteiger partial charge in [0, 0.05) is 195 Å². The molecular weight excluding hydrogens is 1760 g/mol. The van der Waals surface area contributed by atoms with Crippen LogP contribution in [0.1, 0.15) is 162 Å². The number of nitrogens with zero attached hydrogens (tertiary/aromatic N) is 9. The normalized spacial score (nSPS) is 11.8. The second kappa shape index (κ2) is 44.7. The summed E-state index contributed by atoms with van der Waals surface area (Å²) in [4.78, 5) is 67.2. The van der Waals surface area contributed by atoms with Crippen molar-refractivity contribution >= 4 is 85.9 Å². The van der Waals surface area contributed by atoms with E-state index in [9.17, 15) is 24.6 Å². The first kappa shape index (κ1) is 102.